The summed E-state index contributed by atoms with van der Waals surface area (Å²) in [5.74, 6) is -0.280. The third-order valence-electron chi connectivity index (χ3n) is 6.85. The van der Waals surface area contributed by atoms with E-state index in [0.29, 0.717) is 47.9 Å². The number of amides is 2. The van der Waals surface area contributed by atoms with Crippen LogP contribution in [0, 0.1) is 0 Å². The number of amidine groups is 1. The maximum Gasteiger partial charge on any atom is 0.306 e. The van der Waals surface area contributed by atoms with Crippen LogP contribution in [0.4, 0.5) is 11.4 Å². The lowest BCUT2D eigenvalue weighted by atomic mass is 10.0. The second-order valence-electron chi connectivity index (χ2n) is 10.3. The number of nitrogens with zero attached hydrogens (tertiary/aromatic N) is 2. The van der Waals surface area contributed by atoms with Crippen LogP contribution >= 0.6 is 0 Å². The fraction of sp³-hybridized carbons (Fsp3) is 0.294. The Hall–Kier alpha value is -4.72. The Morgan fingerprint density at radius 2 is 1.67 bits per heavy atom. The quantitative estimate of drug-likeness (QED) is 0.260. The summed E-state index contributed by atoms with van der Waals surface area (Å²) in [4.78, 5) is 44.9. The molecule has 218 valence electrons. The molecule has 42 heavy (non-hydrogen) atoms. The highest BCUT2D eigenvalue weighted by molar-refractivity contribution is 6.08. The molecule has 0 atom stereocenters. The highest BCUT2D eigenvalue weighted by Crippen LogP contribution is 2.29. The highest BCUT2D eigenvalue weighted by atomic mass is 16.5. The van der Waals surface area contributed by atoms with Gasteiger partial charge in [0.25, 0.3) is 5.91 Å². The van der Waals surface area contributed by atoms with Crippen LogP contribution in [0.5, 0.6) is 0 Å². The van der Waals surface area contributed by atoms with Crippen LogP contribution in [0.25, 0.3) is 6.08 Å². The smallest absolute Gasteiger partial charge is 0.306 e. The number of nitrogens with two attached hydrogens (primary N) is 1. The standard InChI is InChI=1S/C34H38N4O4/c1-3-17-38(18-4-2)34(41)28-20-26-14-15-27(21-30(26)37-31(35)22-28)33(40)36-29-12-8-11-24(19-29)13-16-32(39)42-23-25-9-6-5-7-10-25/h5-12,14-15,19-21H,3-4,13,16-18,22-23H2,1-2H3,(H2,35,37)(H,36,40). The molecule has 8 heteroatoms. The summed E-state index contributed by atoms with van der Waals surface area (Å²) in [6.45, 7) is 5.72. The van der Waals surface area contributed by atoms with Crippen molar-refractivity contribution in [3.05, 3.63) is 101 Å². The van der Waals surface area contributed by atoms with E-state index in [1.54, 1.807) is 24.3 Å². The van der Waals surface area contributed by atoms with Gasteiger partial charge in [-0.3, -0.25) is 14.4 Å². The first kappa shape index (κ1) is 30.2. The van der Waals surface area contributed by atoms with Gasteiger partial charge >= 0.3 is 5.97 Å². The predicted molar refractivity (Wildman–Crippen MR) is 166 cm³/mol. The van der Waals surface area contributed by atoms with Crippen molar-refractivity contribution in [1.29, 1.82) is 0 Å². The van der Waals surface area contributed by atoms with E-state index in [2.05, 4.69) is 24.2 Å². The van der Waals surface area contributed by atoms with Gasteiger partial charge in [-0.25, -0.2) is 4.99 Å². The van der Waals surface area contributed by atoms with Crippen LogP contribution in [0.3, 0.4) is 0 Å². The molecule has 0 spiro atoms. The number of carbonyl (C=O) groups excluding carboxylic acids is 3. The van der Waals surface area contributed by atoms with E-state index in [1.165, 1.54) is 0 Å². The van der Waals surface area contributed by atoms with Crippen LogP contribution in [0.1, 0.15) is 66.6 Å². The molecule has 8 nitrogen and oxygen atoms in total. The fourth-order valence-electron chi connectivity index (χ4n) is 4.79. The average molecular weight is 567 g/mol. The monoisotopic (exact) mass is 566 g/mol. The zero-order valence-electron chi connectivity index (χ0n) is 24.3. The fourth-order valence-corrected chi connectivity index (χ4v) is 4.79. The molecule has 3 N–H and O–H groups in total. The lowest BCUT2D eigenvalue weighted by Gasteiger charge is -2.22. The minimum Gasteiger partial charge on any atom is -0.461 e. The van der Waals surface area contributed by atoms with Crippen molar-refractivity contribution in [3.8, 4) is 0 Å². The number of aliphatic imine (C=N–C) groups is 1. The van der Waals surface area contributed by atoms with Gasteiger partial charge < -0.3 is 20.7 Å². The van der Waals surface area contributed by atoms with Crippen molar-refractivity contribution in [2.75, 3.05) is 18.4 Å². The molecule has 1 aliphatic rings. The van der Waals surface area contributed by atoms with Gasteiger partial charge in [-0.05, 0) is 60.7 Å². The van der Waals surface area contributed by atoms with E-state index in [9.17, 15) is 14.4 Å². The normalized spacial score (nSPS) is 12.3. The van der Waals surface area contributed by atoms with Gasteiger partial charge in [0.15, 0.2) is 0 Å². The lowest BCUT2D eigenvalue weighted by Crippen LogP contribution is -2.34. The summed E-state index contributed by atoms with van der Waals surface area (Å²) >= 11 is 0. The Morgan fingerprint density at radius 1 is 0.929 bits per heavy atom. The Morgan fingerprint density at radius 3 is 2.40 bits per heavy atom. The summed E-state index contributed by atoms with van der Waals surface area (Å²) in [6.07, 6.45) is 4.57. The molecule has 0 radical (unpaired) electrons. The first-order valence-corrected chi connectivity index (χ1v) is 14.4. The van der Waals surface area contributed by atoms with E-state index < -0.39 is 0 Å². The van der Waals surface area contributed by atoms with Crippen LogP contribution in [-0.2, 0) is 27.4 Å². The number of benzene rings is 3. The van der Waals surface area contributed by atoms with Gasteiger partial charge in [-0.1, -0.05) is 62.4 Å². The van der Waals surface area contributed by atoms with Gasteiger partial charge in [0.05, 0.1) is 5.69 Å². The van der Waals surface area contributed by atoms with Crippen molar-refractivity contribution in [3.63, 3.8) is 0 Å². The maximum atomic E-state index is 13.2. The van der Waals surface area contributed by atoms with E-state index in [4.69, 9.17) is 10.5 Å². The minimum absolute atomic E-state index is 0.0316. The highest BCUT2D eigenvalue weighted by Gasteiger charge is 2.21. The molecule has 1 heterocycles. The molecule has 0 aromatic heterocycles. The van der Waals surface area contributed by atoms with Crippen molar-refractivity contribution >= 4 is 41.1 Å². The molecule has 0 unspecified atom stereocenters. The van der Waals surface area contributed by atoms with Gasteiger partial charge in [-0.15, -0.1) is 0 Å². The number of aryl methyl sites for hydroxylation is 1. The number of esters is 1. The minimum atomic E-state index is -0.299. The third-order valence-corrected chi connectivity index (χ3v) is 6.85. The largest absolute Gasteiger partial charge is 0.461 e. The number of anilines is 1. The molecule has 0 aliphatic carbocycles. The molecule has 3 aromatic rings. The third kappa shape index (κ3) is 8.39. The number of hydrogen-bond donors (Lipinski definition) is 2. The molecule has 1 aliphatic heterocycles. The number of carbonyl (C=O) groups is 3. The molecule has 0 bridgehead atoms. The molecular weight excluding hydrogens is 528 g/mol. The molecule has 0 saturated heterocycles. The van der Waals surface area contributed by atoms with E-state index in [0.717, 1.165) is 29.5 Å². The summed E-state index contributed by atoms with van der Waals surface area (Å²) in [7, 11) is 0. The number of rotatable bonds is 12. The summed E-state index contributed by atoms with van der Waals surface area (Å²) < 4.78 is 5.36. The Balaban J connectivity index is 1.40. The topological polar surface area (TPSA) is 114 Å². The Kier molecular flexibility index (Phi) is 10.6. The first-order valence-electron chi connectivity index (χ1n) is 14.4. The number of nitrogens with one attached hydrogen (secondary N) is 1. The van der Waals surface area contributed by atoms with E-state index in [-0.39, 0.29) is 37.2 Å². The zero-order chi connectivity index (χ0) is 29.9. The maximum absolute atomic E-state index is 13.2. The molecule has 4 rings (SSSR count). The van der Waals surface area contributed by atoms with Gasteiger partial charge in [0.1, 0.15) is 12.4 Å². The van der Waals surface area contributed by atoms with Gasteiger partial charge in [0.2, 0.25) is 5.91 Å². The second kappa shape index (κ2) is 14.8. The first-order chi connectivity index (χ1) is 20.4. The van der Waals surface area contributed by atoms with Crippen molar-refractivity contribution in [2.45, 2.75) is 52.6 Å². The predicted octanol–water partition coefficient (Wildman–Crippen LogP) is 6.04. The van der Waals surface area contributed by atoms with E-state index >= 15 is 0 Å². The molecule has 2 amide bonds. The SMILES string of the molecule is CCCN(CCC)C(=O)C1=Cc2ccc(C(=O)Nc3cccc(CCC(=O)OCc4ccccc4)c3)cc2N=C(N)C1. The number of hydrogen-bond acceptors (Lipinski definition) is 6. The van der Waals surface area contributed by atoms with Gasteiger partial charge in [-0.2, -0.15) is 0 Å². The van der Waals surface area contributed by atoms with E-state index in [1.807, 2.05) is 59.5 Å². The van der Waals surface area contributed by atoms with Crippen molar-refractivity contribution in [1.82, 2.24) is 4.90 Å². The Labute approximate surface area is 247 Å². The lowest BCUT2D eigenvalue weighted by molar-refractivity contribution is -0.144. The number of fused-ring (bicyclic) bond motifs is 1. The van der Waals surface area contributed by atoms with Crippen LogP contribution in [-0.4, -0.2) is 41.6 Å². The van der Waals surface area contributed by atoms with Crippen LogP contribution in [0.15, 0.2) is 83.4 Å². The Bertz CT molecular complexity index is 1470. The molecule has 0 saturated carbocycles. The van der Waals surface area contributed by atoms with Crippen molar-refractivity contribution < 1.29 is 19.1 Å². The molecule has 3 aromatic carbocycles. The summed E-state index contributed by atoms with van der Waals surface area (Å²) in [6, 6.07) is 22.1. The summed E-state index contributed by atoms with van der Waals surface area (Å²) in [5, 5.41) is 2.93. The number of ether oxygens (including phenoxy) is 1. The second-order valence-corrected chi connectivity index (χ2v) is 10.3. The molecular formula is C34H38N4O4. The average Bonchev–Trinajstić information content (AvgIpc) is 3.16. The van der Waals surface area contributed by atoms with Crippen LogP contribution in [0.2, 0.25) is 0 Å². The van der Waals surface area contributed by atoms with Crippen LogP contribution < -0.4 is 11.1 Å². The van der Waals surface area contributed by atoms with Crippen molar-refractivity contribution in [2.24, 2.45) is 10.7 Å². The summed E-state index contributed by atoms with van der Waals surface area (Å²) in [5.41, 5.74) is 11.0. The van der Waals surface area contributed by atoms with Gasteiger partial charge in [0, 0.05) is 48.3 Å². The zero-order valence-corrected chi connectivity index (χ0v) is 24.3. The molecule has 0 fully saturated rings.